The zero-order chi connectivity index (χ0) is 24.8. The van der Waals surface area contributed by atoms with E-state index in [0.29, 0.717) is 37.4 Å². The summed E-state index contributed by atoms with van der Waals surface area (Å²) in [6.07, 6.45) is 6.12. The van der Waals surface area contributed by atoms with Crippen LogP contribution in [0.2, 0.25) is 5.02 Å². The first-order valence-electron chi connectivity index (χ1n) is 11.7. The van der Waals surface area contributed by atoms with Gasteiger partial charge < -0.3 is 5.11 Å². The Morgan fingerprint density at radius 3 is 2.60 bits per heavy atom. The fraction of sp³-hybridized carbons (Fsp3) is 0.296. The highest BCUT2D eigenvalue weighted by Crippen LogP contribution is 2.27. The lowest BCUT2D eigenvalue weighted by Gasteiger charge is -2.23. The van der Waals surface area contributed by atoms with Crippen LogP contribution in [0.3, 0.4) is 0 Å². The Labute approximate surface area is 211 Å². The fourth-order valence-electron chi connectivity index (χ4n) is 4.58. The van der Waals surface area contributed by atoms with Gasteiger partial charge in [0.25, 0.3) is 0 Å². The van der Waals surface area contributed by atoms with Crippen LogP contribution in [-0.4, -0.2) is 43.0 Å². The van der Waals surface area contributed by atoms with Crippen LogP contribution in [0.1, 0.15) is 31.2 Å². The Morgan fingerprint density at radius 2 is 1.83 bits per heavy atom. The fourth-order valence-corrected chi connectivity index (χ4v) is 5.94. The molecule has 1 fully saturated rings. The second-order valence-corrected chi connectivity index (χ2v) is 11.0. The third-order valence-corrected chi connectivity index (χ3v) is 8.06. The minimum atomic E-state index is -3.68. The summed E-state index contributed by atoms with van der Waals surface area (Å²) < 4.78 is 28.8. The van der Waals surface area contributed by atoms with Crippen LogP contribution in [-0.2, 0) is 21.4 Å². The second kappa shape index (κ2) is 11.4. The molecule has 0 unspecified atom stereocenters. The van der Waals surface area contributed by atoms with E-state index in [2.05, 4.69) is 40.0 Å². The number of hydrogen-bond donors (Lipinski definition) is 2. The van der Waals surface area contributed by atoms with Crippen LogP contribution in [0, 0.1) is 0 Å². The van der Waals surface area contributed by atoms with Crippen molar-refractivity contribution in [2.45, 2.75) is 49.2 Å². The summed E-state index contributed by atoms with van der Waals surface area (Å²) >= 11 is 5.91. The molecule has 1 heterocycles. The molecular weight excluding hydrogens is 484 g/mol. The van der Waals surface area contributed by atoms with Crippen molar-refractivity contribution in [2.75, 3.05) is 6.54 Å². The first-order valence-corrected chi connectivity index (χ1v) is 13.5. The molecule has 0 aliphatic carbocycles. The molecule has 35 heavy (non-hydrogen) atoms. The average Bonchev–Trinajstić information content (AvgIpc) is 3.19. The molecule has 1 saturated heterocycles. The predicted molar refractivity (Wildman–Crippen MR) is 139 cm³/mol. The number of sulfonamides is 1. The van der Waals surface area contributed by atoms with E-state index < -0.39 is 16.0 Å². The van der Waals surface area contributed by atoms with Crippen LogP contribution in [0.5, 0.6) is 0 Å². The number of halogens is 1. The molecule has 0 aromatic heterocycles. The van der Waals surface area contributed by atoms with Crippen LogP contribution >= 0.6 is 11.6 Å². The van der Waals surface area contributed by atoms with Crippen molar-refractivity contribution in [1.82, 2.24) is 9.62 Å². The van der Waals surface area contributed by atoms with E-state index in [0.717, 1.165) is 0 Å². The zero-order valence-corrected chi connectivity index (χ0v) is 20.9. The normalized spacial score (nSPS) is 19.0. The number of likely N-dealkylation sites (tertiary alicyclic amines) is 1. The number of nitrogens with one attached hydrogen (secondary N) is 1. The highest BCUT2D eigenvalue weighted by atomic mass is 35.5. The van der Waals surface area contributed by atoms with Crippen molar-refractivity contribution in [3.05, 3.63) is 89.5 Å². The monoisotopic (exact) mass is 512 g/mol. The van der Waals surface area contributed by atoms with Crippen molar-refractivity contribution in [1.29, 1.82) is 0 Å². The summed E-state index contributed by atoms with van der Waals surface area (Å²) in [4.78, 5) is 13.3. The lowest BCUT2D eigenvalue weighted by molar-refractivity contribution is -0.137. The number of carboxylic acid groups (broad SMARTS) is 1. The molecule has 3 aromatic rings. The van der Waals surface area contributed by atoms with E-state index in [4.69, 9.17) is 16.7 Å². The molecule has 184 valence electrons. The summed E-state index contributed by atoms with van der Waals surface area (Å²) in [5.41, 5.74) is 1.19. The molecule has 0 spiro atoms. The standard InChI is InChI=1S/C27H29ClN2O4S/c28-22-13-15-25(16-14-22)35(33,34)29-23-17-24(10-2-1-3-12-27(31)32)30(19-23)18-21-9-6-8-20-7-4-5-11-26(20)21/h2,4-11,13-16,23-24,29H,1,3,12,17-19H2,(H,31,32)/t23-,24-/m1/s1. The summed E-state index contributed by atoms with van der Waals surface area (Å²) in [6.45, 7) is 1.25. The zero-order valence-electron chi connectivity index (χ0n) is 19.3. The smallest absolute Gasteiger partial charge is 0.303 e. The Kier molecular flexibility index (Phi) is 8.23. The second-order valence-electron chi connectivity index (χ2n) is 8.86. The molecule has 3 aromatic carbocycles. The molecule has 0 saturated carbocycles. The van der Waals surface area contributed by atoms with Gasteiger partial charge in [-0.3, -0.25) is 9.69 Å². The molecule has 2 atom stereocenters. The minimum Gasteiger partial charge on any atom is -0.481 e. The quantitative estimate of drug-likeness (QED) is 0.287. The maximum absolute atomic E-state index is 13.0. The van der Waals surface area contributed by atoms with Gasteiger partial charge in [0.05, 0.1) is 4.90 Å². The Morgan fingerprint density at radius 1 is 1.09 bits per heavy atom. The largest absolute Gasteiger partial charge is 0.481 e. The van der Waals surface area contributed by atoms with Gasteiger partial charge in [0.2, 0.25) is 10.0 Å². The van der Waals surface area contributed by atoms with Crippen molar-refractivity contribution in [2.24, 2.45) is 0 Å². The van der Waals surface area contributed by atoms with Gasteiger partial charge in [-0.05, 0) is 59.9 Å². The Balaban J connectivity index is 1.51. The molecule has 8 heteroatoms. The van der Waals surface area contributed by atoms with Crippen molar-refractivity contribution in [3.8, 4) is 0 Å². The Hall–Kier alpha value is -2.71. The van der Waals surface area contributed by atoms with Gasteiger partial charge in [-0.25, -0.2) is 13.1 Å². The van der Waals surface area contributed by atoms with E-state index in [9.17, 15) is 13.2 Å². The molecular formula is C27H29ClN2O4S. The van der Waals surface area contributed by atoms with Crippen molar-refractivity contribution >= 4 is 38.4 Å². The van der Waals surface area contributed by atoms with E-state index in [1.807, 2.05) is 24.3 Å². The van der Waals surface area contributed by atoms with Crippen LogP contribution < -0.4 is 4.72 Å². The number of hydrogen-bond acceptors (Lipinski definition) is 4. The van der Waals surface area contributed by atoms with Crippen LogP contribution in [0.25, 0.3) is 10.8 Å². The molecule has 0 radical (unpaired) electrons. The van der Waals surface area contributed by atoms with Gasteiger partial charge in [-0.2, -0.15) is 0 Å². The highest BCUT2D eigenvalue weighted by Gasteiger charge is 2.33. The van der Waals surface area contributed by atoms with E-state index in [1.165, 1.54) is 28.5 Å². The number of nitrogens with zero attached hydrogens (tertiary/aromatic N) is 1. The van der Waals surface area contributed by atoms with Gasteiger partial charge in [-0.1, -0.05) is 66.2 Å². The van der Waals surface area contributed by atoms with Crippen LogP contribution in [0.4, 0.5) is 0 Å². The number of aliphatic carboxylic acids is 1. The average molecular weight is 513 g/mol. The molecule has 1 aliphatic rings. The first-order chi connectivity index (χ1) is 16.8. The minimum absolute atomic E-state index is 0.0386. The molecule has 1 aliphatic heterocycles. The summed E-state index contributed by atoms with van der Waals surface area (Å²) in [7, 11) is -3.68. The third kappa shape index (κ3) is 6.70. The van der Waals surface area contributed by atoms with Gasteiger partial charge in [0.15, 0.2) is 0 Å². The van der Waals surface area contributed by atoms with E-state index in [-0.39, 0.29) is 23.4 Å². The number of carbonyl (C=O) groups is 1. The topological polar surface area (TPSA) is 86.7 Å². The van der Waals surface area contributed by atoms with Gasteiger partial charge in [0.1, 0.15) is 0 Å². The molecule has 0 amide bonds. The predicted octanol–water partition coefficient (Wildman–Crippen LogP) is 5.23. The first kappa shape index (κ1) is 25.4. The maximum atomic E-state index is 13.0. The van der Waals surface area contributed by atoms with Crippen molar-refractivity contribution < 1.29 is 18.3 Å². The summed E-state index contributed by atoms with van der Waals surface area (Å²) in [6, 6.07) is 20.4. The molecule has 4 rings (SSSR count). The number of allylic oxidation sites excluding steroid dienone is 1. The van der Waals surface area contributed by atoms with Crippen LogP contribution in [0.15, 0.2) is 83.8 Å². The highest BCUT2D eigenvalue weighted by molar-refractivity contribution is 7.89. The molecule has 6 nitrogen and oxygen atoms in total. The van der Waals surface area contributed by atoms with E-state index >= 15 is 0 Å². The molecule has 0 bridgehead atoms. The third-order valence-electron chi connectivity index (χ3n) is 6.27. The lowest BCUT2D eigenvalue weighted by Crippen LogP contribution is -2.37. The van der Waals surface area contributed by atoms with Crippen molar-refractivity contribution in [3.63, 3.8) is 0 Å². The number of rotatable bonds is 10. The number of unbranched alkanes of at least 4 members (excludes halogenated alkanes) is 1. The number of carboxylic acids is 1. The van der Waals surface area contributed by atoms with E-state index in [1.54, 1.807) is 12.1 Å². The number of benzene rings is 3. The summed E-state index contributed by atoms with van der Waals surface area (Å²) in [5, 5.41) is 11.7. The summed E-state index contributed by atoms with van der Waals surface area (Å²) in [5.74, 6) is -0.798. The maximum Gasteiger partial charge on any atom is 0.303 e. The lowest BCUT2D eigenvalue weighted by atomic mass is 10.0. The SMILES string of the molecule is O=C(O)CCCC=C[C@@H]1C[C@@H](NS(=O)(=O)c2ccc(Cl)cc2)CN1Cc1cccc2ccccc12. The Bertz CT molecular complexity index is 1300. The van der Waals surface area contributed by atoms with Gasteiger partial charge in [0, 0.05) is 36.6 Å². The van der Waals surface area contributed by atoms with Gasteiger partial charge >= 0.3 is 5.97 Å². The number of fused-ring (bicyclic) bond motifs is 1. The van der Waals surface area contributed by atoms with Gasteiger partial charge in [-0.15, -0.1) is 0 Å². The molecule has 2 N–H and O–H groups in total.